The molecule has 0 bridgehead atoms. The summed E-state index contributed by atoms with van der Waals surface area (Å²) in [6, 6.07) is 13.6. The van der Waals surface area contributed by atoms with Crippen molar-refractivity contribution >= 4 is 17.2 Å². The summed E-state index contributed by atoms with van der Waals surface area (Å²) in [6.07, 6.45) is 2.61. The first-order chi connectivity index (χ1) is 11.7. The molecule has 2 aromatic heterocycles. The van der Waals surface area contributed by atoms with Crippen LogP contribution in [0.4, 0.5) is 0 Å². The molecule has 2 heterocycles. The van der Waals surface area contributed by atoms with Crippen molar-refractivity contribution in [3.8, 4) is 5.75 Å². The average Bonchev–Trinajstić information content (AvgIpc) is 3.30. The fraction of sp³-hybridized carbons (Fsp3) is 0.211. The van der Waals surface area contributed by atoms with E-state index < -0.39 is 0 Å². The number of rotatable bonds is 7. The third kappa shape index (κ3) is 4.26. The number of carbonyl (C=O) groups is 1. The van der Waals surface area contributed by atoms with Crippen LogP contribution in [0.5, 0.6) is 5.75 Å². The third-order valence-electron chi connectivity index (χ3n) is 3.62. The molecule has 0 atom stereocenters. The Hall–Kier alpha value is -2.53. The SMILES string of the molecule is CCc1ccc(OCc2csc(C(=O)NCc3ccco3)c2)cc1. The predicted octanol–water partition coefficient (Wildman–Crippen LogP) is 4.41. The summed E-state index contributed by atoms with van der Waals surface area (Å²) in [7, 11) is 0. The molecule has 0 aliphatic carbocycles. The summed E-state index contributed by atoms with van der Waals surface area (Å²) in [5.74, 6) is 1.47. The molecule has 24 heavy (non-hydrogen) atoms. The van der Waals surface area contributed by atoms with Crippen molar-refractivity contribution < 1.29 is 13.9 Å². The molecule has 4 nitrogen and oxygen atoms in total. The summed E-state index contributed by atoms with van der Waals surface area (Å²) in [6.45, 7) is 2.96. The lowest BCUT2D eigenvalue weighted by Gasteiger charge is -2.05. The lowest BCUT2D eigenvalue weighted by atomic mass is 10.2. The van der Waals surface area contributed by atoms with Crippen molar-refractivity contribution in [2.75, 3.05) is 0 Å². The van der Waals surface area contributed by atoms with Gasteiger partial charge in [-0.1, -0.05) is 19.1 Å². The first-order valence-electron chi connectivity index (χ1n) is 7.84. The smallest absolute Gasteiger partial charge is 0.261 e. The van der Waals surface area contributed by atoms with E-state index in [4.69, 9.17) is 9.15 Å². The Morgan fingerprint density at radius 1 is 1.21 bits per heavy atom. The summed E-state index contributed by atoms with van der Waals surface area (Å²) >= 11 is 1.41. The van der Waals surface area contributed by atoms with Crippen LogP contribution in [0, 0.1) is 0 Å². The van der Waals surface area contributed by atoms with Gasteiger partial charge in [0, 0.05) is 5.56 Å². The fourth-order valence-corrected chi connectivity index (χ4v) is 3.04. The van der Waals surface area contributed by atoms with Crippen LogP contribution in [0.15, 0.2) is 58.5 Å². The van der Waals surface area contributed by atoms with Gasteiger partial charge in [0.2, 0.25) is 0 Å². The third-order valence-corrected chi connectivity index (χ3v) is 4.60. The van der Waals surface area contributed by atoms with Crippen molar-refractivity contribution in [3.63, 3.8) is 0 Å². The van der Waals surface area contributed by atoms with E-state index in [-0.39, 0.29) is 5.91 Å². The minimum absolute atomic E-state index is 0.102. The molecular formula is C19H19NO3S. The van der Waals surface area contributed by atoms with E-state index in [9.17, 15) is 4.79 Å². The Morgan fingerprint density at radius 2 is 2.04 bits per heavy atom. The van der Waals surface area contributed by atoms with E-state index in [1.54, 1.807) is 12.3 Å². The Kier molecular flexibility index (Phi) is 5.33. The van der Waals surface area contributed by atoms with Crippen LogP contribution < -0.4 is 10.1 Å². The van der Waals surface area contributed by atoms with Gasteiger partial charge < -0.3 is 14.5 Å². The predicted molar refractivity (Wildman–Crippen MR) is 94.3 cm³/mol. The Morgan fingerprint density at radius 3 is 2.75 bits per heavy atom. The van der Waals surface area contributed by atoms with Gasteiger partial charge in [-0.15, -0.1) is 11.3 Å². The zero-order chi connectivity index (χ0) is 16.8. The maximum absolute atomic E-state index is 12.1. The number of ether oxygens (including phenoxy) is 1. The monoisotopic (exact) mass is 341 g/mol. The highest BCUT2D eigenvalue weighted by atomic mass is 32.1. The van der Waals surface area contributed by atoms with E-state index in [0.717, 1.165) is 23.5 Å². The molecule has 0 saturated heterocycles. The number of amides is 1. The summed E-state index contributed by atoms with van der Waals surface area (Å²) < 4.78 is 11.0. The van der Waals surface area contributed by atoms with Crippen LogP contribution in [0.2, 0.25) is 0 Å². The Labute approximate surface area is 145 Å². The van der Waals surface area contributed by atoms with Crippen LogP contribution in [0.25, 0.3) is 0 Å². The second-order valence-corrected chi connectivity index (χ2v) is 6.28. The number of hydrogen-bond donors (Lipinski definition) is 1. The molecule has 1 N–H and O–H groups in total. The second kappa shape index (κ2) is 7.84. The second-order valence-electron chi connectivity index (χ2n) is 5.37. The molecule has 0 aliphatic heterocycles. The van der Waals surface area contributed by atoms with Crippen LogP contribution in [-0.4, -0.2) is 5.91 Å². The Balaban J connectivity index is 1.51. The highest BCUT2D eigenvalue weighted by Crippen LogP contribution is 2.18. The van der Waals surface area contributed by atoms with Gasteiger partial charge in [-0.05, 0) is 47.7 Å². The first-order valence-corrected chi connectivity index (χ1v) is 8.72. The van der Waals surface area contributed by atoms with Gasteiger partial charge in [-0.3, -0.25) is 4.79 Å². The molecule has 0 aliphatic rings. The lowest BCUT2D eigenvalue weighted by Crippen LogP contribution is -2.21. The lowest BCUT2D eigenvalue weighted by molar-refractivity contribution is 0.0952. The van der Waals surface area contributed by atoms with Gasteiger partial charge in [-0.2, -0.15) is 0 Å². The minimum atomic E-state index is -0.102. The van der Waals surface area contributed by atoms with Crippen LogP contribution in [0.3, 0.4) is 0 Å². The van der Waals surface area contributed by atoms with E-state index in [1.807, 2.05) is 29.6 Å². The highest BCUT2D eigenvalue weighted by molar-refractivity contribution is 7.12. The quantitative estimate of drug-likeness (QED) is 0.692. The van der Waals surface area contributed by atoms with Gasteiger partial charge in [0.25, 0.3) is 5.91 Å². The van der Waals surface area contributed by atoms with Crippen molar-refractivity contribution in [2.24, 2.45) is 0 Å². The van der Waals surface area contributed by atoms with Crippen molar-refractivity contribution in [1.82, 2.24) is 5.32 Å². The topological polar surface area (TPSA) is 51.5 Å². The van der Waals surface area contributed by atoms with Gasteiger partial charge in [0.15, 0.2) is 0 Å². The van der Waals surface area contributed by atoms with Gasteiger partial charge >= 0.3 is 0 Å². The van der Waals surface area contributed by atoms with E-state index >= 15 is 0 Å². The van der Waals surface area contributed by atoms with Gasteiger partial charge in [0.05, 0.1) is 17.7 Å². The molecule has 124 valence electrons. The standard InChI is InChI=1S/C19H19NO3S/c1-2-14-5-7-16(8-6-14)23-12-15-10-18(24-13-15)19(21)20-11-17-4-3-9-22-17/h3-10,13H,2,11-12H2,1H3,(H,20,21). The number of nitrogens with one attached hydrogen (secondary N) is 1. The number of aryl methyl sites for hydroxylation is 1. The number of carbonyl (C=O) groups excluding carboxylic acids is 1. The molecule has 5 heteroatoms. The molecule has 0 saturated carbocycles. The summed E-state index contributed by atoms with van der Waals surface area (Å²) in [5, 5.41) is 4.78. The Bertz CT molecular complexity index is 775. The van der Waals surface area contributed by atoms with E-state index in [1.165, 1.54) is 16.9 Å². The number of thiophene rings is 1. The maximum atomic E-state index is 12.1. The van der Waals surface area contributed by atoms with Crippen molar-refractivity contribution in [2.45, 2.75) is 26.5 Å². The summed E-state index contributed by atoms with van der Waals surface area (Å²) in [5.41, 5.74) is 2.27. The molecular weight excluding hydrogens is 322 g/mol. The van der Waals surface area contributed by atoms with Crippen molar-refractivity contribution in [3.05, 3.63) is 75.9 Å². The largest absolute Gasteiger partial charge is 0.489 e. The molecule has 3 rings (SSSR count). The number of hydrogen-bond acceptors (Lipinski definition) is 4. The van der Waals surface area contributed by atoms with E-state index in [0.29, 0.717) is 18.0 Å². The molecule has 1 aromatic carbocycles. The molecule has 0 radical (unpaired) electrons. The molecule has 0 spiro atoms. The van der Waals surface area contributed by atoms with Gasteiger partial charge in [0.1, 0.15) is 18.1 Å². The summed E-state index contributed by atoms with van der Waals surface area (Å²) in [4.78, 5) is 12.8. The number of furan rings is 1. The molecule has 0 unspecified atom stereocenters. The molecule has 3 aromatic rings. The minimum Gasteiger partial charge on any atom is -0.489 e. The maximum Gasteiger partial charge on any atom is 0.261 e. The zero-order valence-electron chi connectivity index (χ0n) is 13.5. The zero-order valence-corrected chi connectivity index (χ0v) is 14.3. The van der Waals surface area contributed by atoms with Gasteiger partial charge in [-0.25, -0.2) is 0 Å². The van der Waals surface area contributed by atoms with Crippen LogP contribution in [0.1, 0.15) is 33.5 Å². The van der Waals surface area contributed by atoms with Crippen molar-refractivity contribution in [1.29, 1.82) is 0 Å². The molecule has 1 amide bonds. The highest BCUT2D eigenvalue weighted by Gasteiger charge is 2.10. The molecule has 0 fully saturated rings. The average molecular weight is 341 g/mol. The fourth-order valence-electron chi connectivity index (χ4n) is 2.23. The van der Waals surface area contributed by atoms with Crippen LogP contribution in [-0.2, 0) is 19.6 Å². The van der Waals surface area contributed by atoms with E-state index in [2.05, 4.69) is 24.4 Å². The number of benzene rings is 1. The van der Waals surface area contributed by atoms with Crippen LogP contribution >= 0.6 is 11.3 Å². The first kappa shape index (κ1) is 16.3. The normalized spacial score (nSPS) is 10.5.